The van der Waals surface area contributed by atoms with Crippen molar-refractivity contribution in [1.82, 2.24) is 9.55 Å². The van der Waals surface area contributed by atoms with E-state index >= 15 is 0 Å². The van der Waals surface area contributed by atoms with Gasteiger partial charge in [-0.3, -0.25) is 14.2 Å². The number of thioether (sulfide) groups is 1. The van der Waals surface area contributed by atoms with Crippen LogP contribution in [-0.4, -0.2) is 35.4 Å². The Morgan fingerprint density at radius 2 is 1.69 bits per heavy atom. The third-order valence-corrected chi connectivity index (χ3v) is 6.15. The number of amides is 1. The van der Waals surface area contributed by atoms with E-state index < -0.39 is 17.6 Å². The Balaban J connectivity index is 1.70. The fourth-order valence-corrected chi connectivity index (χ4v) is 4.37. The number of rotatable bonds is 7. The normalized spacial score (nSPS) is 11.4. The summed E-state index contributed by atoms with van der Waals surface area (Å²) < 4.78 is 51.8. The molecule has 1 heterocycles. The Bertz CT molecular complexity index is 1490. The second-order valence-electron chi connectivity index (χ2n) is 7.47. The average molecular weight is 516 g/mol. The minimum Gasteiger partial charge on any atom is -0.493 e. The van der Waals surface area contributed by atoms with Gasteiger partial charge in [0.2, 0.25) is 5.91 Å². The smallest absolute Gasteiger partial charge is 0.418 e. The summed E-state index contributed by atoms with van der Waals surface area (Å²) >= 11 is 0.921. The van der Waals surface area contributed by atoms with E-state index in [1.54, 1.807) is 42.5 Å². The first kappa shape index (κ1) is 25.1. The molecular formula is C25H20F3N3O4S. The second-order valence-corrected chi connectivity index (χ2v) is 8.41. The molecule has 0 saturated heterocycles. The van der Waals surface area contributed by atoms with E-state index in [0.717, 1.165) is 17.8 Å². The van der Waals surface area contributed by atoms with Crippen LogP contribution in [0.3, 0.4) is 0 Å². The van der Waals surface area contributed by atoms with Crippen molar-refractivity contribution >= 4 is 34.3 Å². The molecule has 0 spiro atoms. The molecule has 3 aromatic carbocycles. The number of benzene rings is 3. The zero-order valence-corrected chi connectivity index (χ0v) is 19.9. The fourth-order valence-electron chi connectivity index (χ4n) is 3.56. The largest absolute Gasteiger partial charge is 0.493 e. The maximum Gasteiger partial charge on any atom is 0.418 e. The molecule has 0 saturated carbocycles. The molecule has 0 aliphatic heterocycles. The number of carbonyl (C=O) groups excluding carboxylic acids is 1. The van der Waals surface area contributed by atoms with Gasteiger partial charge in [0.1, 0.15) is 0 Å². The zero-order chi connectivity index (χ0) is 25.9. The highest BCUT2D eigenvalue weighted by Crippen LogP contribution is 2.35. The van der Waals surface area contributed by atoms with Crippen LogP contribution in [0.2, 0.25) is 0 Å². The number of methoxy groups -OCH3 is 2. The summed E-state index contributed by atoms with van der Waals surface area (Å²) in [7, 11) is 2.94. The van der Waals surface area contributed by atoms with Crippen molar-refractivity contribution in [2.24, 2.45) is 0 Å². The molecule has 0 fully saturated rings. The minimum absolute atomic E-state index is 0.185. The number of nitrogens with one attached hydrogen (secondary N) is 1. The molecule has 36 heavy (non-hydrogen) atoms. The number of hydrogen-bond acceptors (Lipinski definition) is 6. The quantitative estimate of drug-likeness (QED) is 0.271. The third-order valence-electron chi connectivity index (χ3n) is 5.21. The molecule has 186 valence electrons. The number of fused-ring (bicyclic) bond motifs is 1. The number of aromatic nitrogens is 2. The maximum absolute atomic E-state index is 13.4. The molecule has 0 atom stereocenters. The predicted molar refractivity (Wildman–Crippen MR) is 131 cm³/mol. The highest BCUT2D eigenvalue weighted by atomic mass is 32.2. The number of alkyl halides is 3. The van der Waals surface area contributed by atoms with Crippen LogP contribution in [0.1, 0.15) is 5.56 Å². The van der Waals surface area contributed by atoms with Gasteiger partial charge in [0, 0.05) is 6.07 Å². The maximum atomic E-state index is 13.4. The van der Waals surface area contributed by atoms with Crippen LogP contribution in [0.4, 0.5) is 18.9 Å². The first-order valence-electron chi connectivity index (χ1n) is 10.6. The highest BCUT2D eigenvalue weighted by molar-refractivity contribution is 7.99. The Morgan fingerprint density at radius 3 is 2.42 bits per heavy atom. The number of carbonyl (C=O) groups is 1. The van der Waals surface area contributed by atoms with Gasteiger partial charge in [0.25, 0.3) is 5.56 Å². The van der Waals surface area contributed by atoms with Crippen molar-refractivity contribution in [3.63, 3.8) is 0 Å². The van der Waals surface area contributed by atoms with Crippen LogP contribution in [0.5, 0.6) is 11.5 Å². The SMILES string of the molecule is COc1ccc(-n2c(SCC(=O)Nc3ccccc3C(F)(F)F)nc3ccccc3c2=O)cc1OC. The van der Waals surface area contributed by atoms with Crippen molar-refractivity contribution in [1.29, 1.82) is 0 Å². The van der Waals surface area contributed by atoms with Gasteiger partial charge in [-0.15, -0.1) is 0 Å². The second kappa shape index (κ2) is 10.3. The number of hydrogen-bond donors (Lipinski definition) is 1. The molecule has 0 aliphatic rings. The molecule has 4 aromatic rings. The van der Waals surface area contributed by atoms with E-state index in [4.69, 9.17) is 9.47 Å². The van der Waals surface area contributed by atoms with Gasteiger partial charge in [-0.2, -0.15) is 13.2 Å². The Morgan fingerprint density at radius 1 is 1.00 bits per heavy atom. The standard InChI is InChI=1S/C25H20F3N3O4S/c1-34-20-12-11-15(13-21(20)35-2)31-23(33)16-7-3-5-9-18(16)30-24(31)36-14-22(32)29-19-10-6-4-8-17(19)25(26,27)28/h3-13H,14H2,1-2H3,(H,29,32). The summed E-state index contributed by atoms with van der Waals surface area (Å²) in [6.45, 7) is 0. The number of nitrogens with zero attached hydrogens (tertiary/aromatic N) is 2. The van der Waals surface area contributed by atoms with Crippen molar-refractivity contribution in [2.45, 2.75) is 11.3 Å². The molecule has 0 radical (unpaired) electrons. The van der Waals surface area contributed by atoms with Crippen LogP contribution in [-0.2, 0) is 11.0 Å². The first-order chi connectivity index (χ1) is 17.2. The van der Waals surface area contributed by atoms with Gasteiger partial charge >= 0.3 is 6.18 Å². The summed E-state index contributed by atoms with van der Waals surface area (Å²) in [6.07, 6.45) is -4.62. The molecule has 11 heteroatoms. The van der Waals surface area contributed by atoms with E-state index in [-0.39, 0.29) is 22.2 Å². The van der Waals surface area contributed by atoms with E-state index in [9.17, 15) is 22.8 Å². The van der Waals surface area contributed by atoms with Gasteiger partial charge in [0.15, 0.2) is 16.7 Å². The monoisotopic (exact) mass is 515 g/mol. The summed E-state index contributed by atoms with van der Waals surface area (Å²) in [5.74, 6) is -0.130. The fraction of sp³-hybridized carbons (Fsp3) is 0.160. The lowest BCUT2D eigenvalue weighted by molar-refractivity contribution is -0.137. The summed E-state index contributed by atoms with van der Waals surface area (Å²) in [6, 6.07) is 16.3. The van der Waals surface area contributed by atoms with Crippen LogP contribution in [0, 0.1) is 0 Å². The van der Waals surface area contributed by atoms with Crippen molar-refractivity contribution < 1.29 is 27.4 Å². The molecule has 1 aromatic heterocycles. The highest BCUT2D eigenvalue weighted by Gasteiger charge is 2.33. The van der Waals surface area contributed by atoms with Crippen LogP contribution >= 0.6 is 11.8 Å². The lowest BCUT2D eigenvalue weighted by Gasteiger charge is -2.16. The molecular weight excluding hydrogens is 495 g/mol. The Kier molecular flexibility index (Phi) is 7.20. The summed E-state index contributed by atoms with van der Waals surface area (Å²) in [5.41, 5.74) is -0.835. The van der Waals surface area contributed by atoms with Crippen LogP contribution in [0.25, 0.3) is 16.6 Å². The van der Waals surface area contributed by atoms with E-state index in [1.807, 2.05) is 0 Å². The van der Waals surface area contributed by atoms with E-state index in [2.05, 4.69) is 10.3 Å². The van der Waals surface area contributed by atoms with E-state index in [0.29, 0.717) is 28.1 Å². The van der Waals surface area contributed by atoms with Gasteiger partial charge in [-0.05, 0) is 36.4 Å². The molecule has 4 rings (SSSR count). The molecule has 0 unspecified atom stereocenters. The number of ether oxygens (including phenoxy) is 2. The van der Waals surface area contributed by atoms with Gasteiger partial charge < -0.3 is 14.8 Å². The molecule has 1 N–H and O–H groups in total. The molecule has 0 aliphatic carbocycles. The Labute approximate surface area is 207 Å². The first-order valence-corrected chi connectivity index (χ1v) is 11.5. The number of para-hydroxylation sites is 2. The molecule has 1 amide bonds. The number of halogens is 3. The van der Waals surface area contributed by atoms with Crippen LogP contribution < -0.4 is 20.3 Å². The number of anilines is 1. The van der Waals surface area contributed by atoms with Crippen molar-refractivity contribution in [3.8, 4) is 17.2 Å². The lowest BCUT2D eigenvalue weighted by atomic mass is 10.1. The van der Waals surface area contributed by atoms with Crippen molar-refractivity contribution in [2.75, 3.05) is 25.3 Å². The van der Waals surface area contributed by atoms with E-state index in [1.165, 1.54) is 37.0 Å². The summed E-state index contributed by atoms with van der Waals surface area (Å²) in [5, 5.41) is 2.85. The zero-order valence-electron chi connectivity index (χ0n) is 19.1. The van der Waals surface area contributed by atoms with Gasteiger partial charge in [0.05, 0.1) is 47.8 Å². The van der Waals surface area contributed by atoms with Gasteiger partial charge in [-0.1, -0.05) is 36.0 Å². The third kappa shape index (κ3) is 5.15. The summed E-state index contributed by atoms with van der Waals surface area (Å²) in [4.78, 5) is 30.5. The van der Waals surface area contributed by atoms with Crippen LogP contribution in [0.15, 0.2) is 76.7 Å². The lowest BCUT2D eigenvalue weighted by Crippen LogP contribution is -2.23. The van der Waals surface area contributed by atoms with Gasteiger partial charge in [-0.25, -0.2) is 4.98 Å². The molecule has 7 nitrogen and oxygen atoms in total. The Hall–Kier alpha value is -3.99. The average Bonchev–Trinajstić information content (AvgIpc) is 2.87. The van der Waals surface area contributed by atoms with Crippen molar-refractivity contribution in [3.05, 3.63) is 82.6 Å². The topological polar surface area (TPSA) is 82.5 Å². The minimum atomic E-state index is -4.62. The molecule has 0 bridgehead atoms. The predicted octanol–water partition coefficient (Wildman–Crippen LogP) is 5.15.